The molecule has 152 valence electrons. The fourth-order valence-electron chi connectivity index (χ4n) is 3.10. The van der Waals surface area contributed by atoms with Crippen molar-refractivity contribution in [3.8, 4) is 0 Å². The number of rotatable bonds is 4. The predicted molar refractivity (Wildman–Crippen MR) is 99.8 cm³/mol. The summed E-state index contributed by atoms with van der Waals surface area (Å²) < 4.78 is 43.5. The minimum Gasteiger partial charge on any atom is -0.316 e. The molecule has 2 aromatic heterocycles. The van der Waals surface area contributed by atoms with E-state index in [1.54, 1.807) is 17.7 Å². The molecule has 4 rings (SSSR count). The smallest absolute Gasteiger partial charge is 0.316 e. The molecule has 1 aromatic carbocycles. The first kappa shape index (κ1) is 19.4. The fourth-order valence-corrected chi connectivity index (χ4v) is 4.01. The number of imidazole rings is 1. The van der Waals surface area contributed by atoms with Crippen molar-refractivity contribution in [1.82, 2.24) is 18.7 Å². The second-order valence-electron chi connectivity index (χ2n) is 6.69. The first-order chi connectivity index (χ1) is 13.6. The third-order valence-electron chi connectivity index (χ3n) is 4.83. The van der Waals surface area contributed by atoms with Crippen LogP contribution in [0.5, 0.6) is 0 Å². The highest BCUT2D eigenvalue weighted by atomic mass is 32.2. The summed E-state index contributed by atoms with van der Waals surface area (Å²) in [5.41, 5.74) is -2.29. The number of aromatic nitrogens is 4. The van der Waals surface area contributed by atoms with Crippen LogP contribution in [0.2, 0.25) is 0 Å². The quantitative estimate of drug-likeness (QED) is 0.602. The van der Waals surface area contributed by atoms with Gasteiger partial charge in [0.1, 0.15) is 0 Å². The Labute approximate surface area is 165 Å². The van der Waals surface area contributed by atoms with Crippen LogP contribution in [-0.2, 0) is 32.6 Å². The van der Waals surface area contributed by atoms with Gasteiger partial charge in [-0.1, -0.05) is 36.0 Å². The molecule has 0 spiro atoms. The van der Waals surface area contributed by atoms with Gasteiger partial charge in [0.25, 0.3) is 5.56 Å². The van der Waals surface area contributed by atoms with Gasteiger partial charge in [0.15, 0.2) is 16.3 Å². The Kier molecular flexibility index (Phi) is 4.22. The molecule has 0 saturated carbocycles. The second kappa shape index (κ2) is 6.31. The molecule has 0 unspecified atom stereocenters. The van der Waals surface area contributed by atoms with E-state index in [4.69, 9.17) is 0 Å². The summed E-state index contributed by atoms with van der Waals surface area (Å²) in [7, 11) is 4.56. The Balaban J connectivity index is 1.65. The zero-order chi connectivity index (χ0) is 21.1. The highest BCUT2D eigenvalue weighted by Crippen LogP contribution is 2.52. The van der Waals surface area contributed by atoms with Gasteiger partial charge in [0, 0.05) is 32.5 Å². The van der Waals surface area contributed by atoms with E-state index < -0.39 is 23.1 Å². The van der Waals surface area contributed by atoms with Crippen molar-refractivity contribution in [2.75, 3.05) is 0 Å². The third-order valence-corrected chi connectivity index (χ3v) is 5.93. The summed E-state index contributed by atoms with van der Waals surface area (Å²) >= 11 is 1.25. The molecule has 3 heterocycles. The van der Waals surface area contributed by atoms with Gasteiger partial charge in [-0.05, 0) is 5.56 Å². The number of benzene rings is 1. The number of hydrogen-bond acceptors (Lipinski definition) is 6. The first-order valence-electron chi connectivity index (χ1n) is 8.42. The number of thioether (sulfide) groups is 1. The maximum Gasteiger partial charge on any atom is 0.442 e. The third kappa shape index (κ3) is 2.89. The number of halogens is 3. The van der Waals surface area contributed by atoms with E-state index in [1.807, 2.05) is 0 Å². The van der Waals surface area contributed by atoms with Gasteiger partial charge < -0.3 is 4.57 Å². The van der Waals surface area contributed by atoms with Crippen LogP contribution in [0.3, 0.4) is 0 Å². The molecular formula is C17H15F3N6O2S. The Morgan fingerprint density at radius 3 is 2.38 bits per heavy atom. The van der Waals surface area contributed by atoms with E-state index in [0.717, 1.165) is 4.57 Å². The van der Waals surface area contributed by atoms with E-state index >= 15 is 0 Å². The summed E-state index contributed by atoms with van der Waals surface area (Å²) in [4.78, 5) is 28.9. The molecule has 0 radical (unpaired) electrons. The summed E-state index contributed by atoms with van der Waals surface area (Å²) in [5.74, 6) is 0.313. The molecule has 0 fully saturated rings. The van der Waals surface area contributed by atoms with Crippen molar-refractivity contribution in [2.45, 2.75) is 22.7 Å². The van der Waals surface area contributed by atoms with Gasteiger partial charge in [-0.15, -0.1) is 10.2 Å². The maximum atomic E-state index is 13.2. The lowest BCUT2D eigenvalue weighted by molar-refractivity contribution is -0.166. The number of fused-ring (bicyclic) bond motifs is 1. The molecule has 12 heteroatoms. The molecule has 0 atom stereocenters. The molecule has 0 bridgehead atoms. The Morgan fingerprint density at radius 1 is 1.07 bits per heavy atom. The van der Waals surface area contributed by atoms with Crippen molar-refractivity contribution < 1.29 is 13.2 Å². The number of alkyl halides is 3. The average molecular weight is 424 g/mol. The lowest BCUT2D eigenvalue weighted by atomic mass is 10.0. The van der Waals surface area contributed by atoms with E-state index in [0.29, 0.717) is 16.5 Å². The van der Waals surface area contributed by atoms with Gasteiger partial charge in [0.2, 0.25) is 0 Å². The van der Waals surface area contributed by atoms with Crippen LogP contribution in [0.1, 0.15) is 11.1 Å². The lowest BCUT2D eigenvalue weighted by Crippen LogP contribution is -2.37. The van der Waals surface area contributed by atoms with Crippen LogP contribution >= 0.6 is 11.8 Å². The standard InChI is InChI=1S/C17H15F3N6O2S/c1-24-11-12(25(2)15(28)26(3)13(11)27)21-14(24)29-8-9-5-4-6-10(7-9)16(22-23-16)17(18,19)20/h4-7H,8H2,1-3H3. The van der Waals surface area contributed by atoms with Crippen LogP contribution < -0.4 is 11.2 Å². The molecule has 8 nitrogen and oxygen atoms in total. The number of hydrogen-bond donors (Lipinski definition) is 0. The molecule has 0 N–H and O–H groups in total. The largest absolute Gasteiger partial charge is 0.442 e. The van der Waals surface area contributed by atoms with Gasteiger partial charge in [-0.2, -0.15) is 13.2 Å². The SMILES string of the molecule is Cn1c(=O)c2c(nc(SCc3cccc(C4(C(F)(F)F)N=N4)c3)n2C)n(C)c1=O. The van der Waals surface area contributed by atoms with Gasteiger partial charge in [-0.25, -0.2) is 9.78 Å². The summed E-state index contributed by atoms with van der Waals surface area (Å²) in [6.45, 7) is 0. The zero-order valence-corrected chi connectivity index (χ0v) is 16.4. The van der Waals surface area contributed by atoms with Gasteiger partial charge in [-0.3, -0.25) is 13.9 Å². The Morgan fingerprint density at radius 2 is 1.76 bits per heavy atom. The van der Waals surface area contributed by atoms with E-state index in [-0.39, 0.29) is 16.7 Å². The van der Waals surface area contributed by atoms with E-state index in [2.05, 4.69) is 15.2 Å². The molecule has 29 heavy (non-hydrogen) atoms. The zero-order valence-electron chi connectivity index (χ0n) is 15.6. The van der Waals surface area contributed by atoms with Crippen molar-refractivity contribution in [1.29, 1.82) is 0 Å². The number of nitrogens with zero attached hydrogens (tertiary/aromatic N) is 6. The van der Waals surface area contributed by atoms with Crippen LogP contribution in [0.25, 0.3) is 11.2 Å². The van der Waals surface area contributed by atoms with E-state index in [9.17, 15) is 22.8 Å². The van der Waals surface area contributed by atoms with Crippen LogP contribution in [0.15, 0.2) is 49.2 Å². The van der Waals surface area contributed by atoms with Crippen molar-refractivity contribution >= 4 is 22.9 Å². The summed E-state index contributed by atoms with van der Waals surface area (Å²) in [6, 6.07) is 5.98. The minimum absolute atomic E-state index is 0.0376. The molecule has 0 amide bonds. The van der Waals surface area contributed by atoms with Gasteiger partial charge >= 0.3 is 17.5 Å². The molecule has 0 saturated heterocycles. The summed E-state index contributed by atoms with van der Waals surface area (Å²) in [6.07, 6.45) is -4.58. The molecular weight excluding hydrogens is 409 g/mol. The van der Waals surface area contributed by atoms with Crippen LogP contribution in [0.4, 0.5) is 13.2 Å². The lowest BCUT2D eigenvalue weighted by Gasteiger charge is -2.15. The first-order valence-corrected chi connectivity index (χ1v) is 9.41. The van der Waals surface area contributed by atoms with Crippen LogP contribution in [-0.4, -0.2) is 24.9 Å². The Hall–Kier alpha value is -2.89. The molecule has 1 aliphatic rings. The molecule has 3 aromatic rings. The topological polar surface area (TPSA) is 86.5 Å². The van der Waals surface area contributed by atoms with E-state index in [1.165, 1.54) is 48.6 Å². The van der Waals surface area contributed by atoms with Crippen molar-refractivity contribution in [3.63, 3.8) is 0 Å². The second-order valence-corrected chi connectivity index (χ2v) is 7.63. The summed E-state index contributed by atoms with van der Waals surface area (Å²) in [5, 5.41) is 6.91. The minimum atomic E-state index is -4.58. The molecule has 1 aliphatic heterocycles. The Bertz CT molecular complexity index is 1280. The maximum absolute atomic E-state index is 13.2. The monoisotopic (exact) mass is 424 g/mol. The van der Waals surface area contributed by atoms with Gasteiger partial charge in [0.05, 0.1) is 0 Å². The fraction of sp³-hybridized carbons (Fsp3) is 0.353. The highest BCUT2D eigenvalue weighted by molar-refractivity contribution is 7.98. The van der Waals surface area contributed by atoms with Crippen LogP contribution in [0, 0.1) is 0 Å². The number of aryl methyl sites for hydroxylation is 2. The normalized spacial score (nSPS) is 15.2. The highest BCUT2D eigenvalue weighted by Gasteiger charge is 2.65. The average Bonchev–Trinajstić information content (AvgIpc) is 3.43. The molecule has 0 aliphatic carbocycles. The van der Waals surface area contributed by atoms with Crippen molar-refractivity contribution in [3.05, 3.63) is 56.2 Å². The van der Waals surface area contributed by atoms with Crippen molar-refractivity contribution in [2.24, 2.45) is 31.4 Å². The predicted octanol–water partition coefficient (Wildman–Crippen LogP) is 2.44.